The number of rotatable bonds is 3. The summed E-state index contributed by atoms with van der Waals surface area (Å²) in [7, 11) is 1.89. The van der Waals surface area contributed by atoms with Crippen molar-refractivity contribution in [1.29, 1.82) is 0 Å². The molecule has 1 unspecified atom stereocenters. The maximum Gasteiger partial charge on any atom is 0.0849 e. The number of hydrogen-bond acceptors (Lipinski definition) is 2. The highest BCUT2D eigenvalue weighted by molar-refractivity contribution is 5.35. The van der Waals surface area contributed by atoms with E-state index in [1.54, 1.807) is 4.68 Å². The van der Waals surface area contributed by atoms with Crippen LogP contribution in [-0.2, 0) is 18.9 Å². The van der Waals surface area contributed by atoms with Gasteiger partial charge in [-0.25, -0.2) is 0 Å². The molecule has 0 radical (unpaired) electrons. The Morgan fingerprint density at radius 2 is 1.89 bits per heavy atom. The second-order valence-corrected chi connectivity index (χ2v) is 6.04. The SMILES string of the molecule is Cn1ccc(CC(O)c2ccccc2C(C)(C)C)n1. The monoisotopic (exact) mass is 258 g/mol. The summed E-state index contributed by atoms with van der Waals surface area (Å²) in [5.74, 6) is 0. The third-order valence-corrected chi connectivity index (χ3v) is 3.30. The minimum atomic E-state index is -0.509. The molecule has 102 valence electrons. The maximum atomic E-state index is 10.5. The van der Waals surface area contributed by atoms with Gasteiger partial charge in [0, 0.05) is 19.7 Å². The van der Waals surface area contributed by atoms with Gasteiger partial charge in [-0.3, -0.25) is 4.68 Å². The fourth-order valence-electron chi connectivity index (χ4n) is 2.35. The Labute approximate surface area is 114 Å². The average molecular weight is 258 g/mol. The van der Waals surface area contributed by atoms with Gasteiger partial charge in [0.2, 0.25) is 0 Å². The molecule has 1 N–H and O–H groups in total. The summed E-state index contributed by atoms with van der Waals surface area (Å²) in [4.78, 5) is 0. The van der Waals surface area contributed by atoms with E-state index in [-0.39, 0.29) is 5.41 Å². The van der Waals surface area contributed by atoms with Crippen molar-refractivity contribution in [3.63, 3.8) is 0 Å². The van der Waals surface area contributed by atoms with E-state index in [4.69, 9.17) is 0 Å². The van der Waals surface area contributed by atoms with Crippen molar-refractivity contribution in [1.82, 2.24) is 9.78 Å². The molecule has 0 saturated carbocycles. The van der Waals surface area contributed by atoms with Crippen LogP contribution in [-0.4, -0.2) is 14.9 Å². The van der Waals surface area contributed by atoms with Crippen LogP contribution in [0.1, 0.15) is 43.7 Å². The summed E-state index contributed by atoms with van der Waals surface area (Å²) in [6, 6.07) is 10.1. The van der Waals surface area contributed by atoms with Crippen LogP contribution in [0.25, 0.3) is 0 Å². The van der Waals surface area contributed by atoms with Crippen molar-refractivity contribution in [3.05, 3.63) is 53.3 Å². The molecule has 3 nitrogen and oxygen atoms in total. The molecule has 1 atom stereocenters. The van der Waals surface area contributed by atoms with Gasteiger partial charge in [0.25, 0.3) is 0 Å². The van der Waals surface area contributed by atoms with Crippen LogP contribution in [0.5, 0.6) is 0 Å². The predicted molar refractivity (Wildman–Crippen MR) is 77.0 cm³/mol. The average Bonchev–Trinajstić information content (AvgIpc) is 2.73. The molecular formula is C16H22N2O. The molecule has 0 aliphatic carbocycles. The second-order valence-electron chi connectivity index (χ2n) is 6.04. The van der Waals surface area contributed by atoms with Crippen LogP contribution in [0.15, 0.2) is 36.5 Å². The predicted octanol–water partition coefficient (Wildman–Crippen LogP) is 2.99. The van der Waals surface area contributed by atoms with Crippen LogP contribution < -0.4 is 0 Å². The Morgan fingerprint density at radius 1 is 1.21 bits per heavy atom. The van der Waals surface area contributed by atoms with Gasteiger partial charge < -0.3 is 5.11 Å². The lowest BCUT2D eigenvalue weighted by molar-refractivity contribution is 0.174. The van der Waals surface area contributed by atoms with E-state index < -0.39 is 6.10 Å². The number of nitrogens with zero attached hydrogens (tertiary/aromatic N) is 2. The number of aryl methyl sites for hydroxylation is 1. The third-order valence-electron chi connectivity index (χ3n) is 3.30. The highest BCUT2D eigenvalue weighted by Gasteiger charge is 2.21. The number of benzene rings is 1. The molecule has 1 heterocycles. The fraction of sp³-hybridized carbons (Fsp3) is 0.438. The number of aliphatic hydroxyl groups excluding tert-OH is 1. The van der Waals surface area contributed by atoms with Gasteiger partial charge in [-0.2, -0.15) is 5.10 Å². The van der Waals surface area contributed by atoms with E-state index in [2.05, 4.69) is 31.9 Å². The Bertz CT molecular complexity index is 552. The van der Waals surface area contributed by atoms with Crippen molar-refractivity contribution < 1.29 is 5.11 Å². The standard InChI is InChI=1S/C16H22N2O/c1-16(2,3)14-8-6-5-7-13(14)15(19)11-12-9-10-18(4)17-12/h5-10,15,19H,11H2,1-4H3. The van der Waals surface area contributed by atoms with E-state index in [9.17, 15) is 5.11 Å². The number of aliphatic hydroxyl groups is 1. The molecule has 1 aromatic carbocycles. The molecule has 2 rings (SSSR count). The molecule has 0 fully saturated rings. The summed E-state index contributed by atoms with van der Waals surface area (Å²) >= 11 is 0. The second kappa shape index (κ2) is 5.17. The Kier molecular flexibility index (Phi) is 3.76. The molecule has 2 aromatic rings. The number of aromatic nitrogens is 2. The van der Waals surface area contributed by atoms with Gasteiger partial charge in [-0.15, -0.1) is 0 Å². The first-order valence-electron chi connectivity index (χ1n) is 6.64. The van der Waals surface area contributed by atoms with Gasteiger partial charge in [-0.05, 0) is 22.6 Å². The molecule has 0 aliphatic rings. The quantitative estimate of drug-likeness (QED) is 0.919. The number of hydrogen-bond donors (Lipinski definition) is 1. The van der Waals surface area contributed by atoms with Crippen molar-refractivity contribution >= 4 is 0 Å². The normalized spacial score (nSPS) is 13.5. The van der Waals surface area contributed by atoms with Gasteiger partial charge >= 0.3 is 0 Å². The van der Waals surface area contributed by atoms with Crippen molar-refractivity contribution in [2.45, 2.75) is 38.7 Å². The van der Waals surface area contributed by atoms with E-state index in [0.29, 0.717) is 6.42 Å². The minimum Gasteiger partial charge on any atom is -0.388 e. The molecule has 0 bridgehead atoms. The largest absolute Gasteiger partial charge is 0.388 e. The van der Waals surface area contributed by atoms with Crippen molar-refractivity contribution in [3.8, 4) is 0 Å². The van der Waals surface area contributed by atoms with Gasteiger partial charge in [0.1, 0.15) is 0 Å². The molecule has 3 heteroatoms. The highest BCUT2D eigenvalue weighted by atomic mass is 16.3. The first-order chi connectivity index (χ1) is 8.88. The summed E-state index contributed by atoms with van der Waals surface area (Å²) in [6.07, 6.45) is 1.94. The van der Waals surface area contributed by atoms with Crippen molar-refractivity contribution in [2.24, 2.45) is 7.05 Å². The van der Waals surface area contributed by atoms with Crippen LogP contribution in [0, 0.1) is 0 Å². The molecule has 1 aromatic heterocycles. The smallest absolute Gasteiger partial charge is 0.0849 e. The zero-order valence-electron chi connectivity index (χ0n) is 12.1. The first kappa shape index (κ1) is 13.8. The molecule has 0 aliphatic heterocycles. The van der Waals surface area contributed by atoms with Crippen LogP contribution in [0.4, 0.5) is 0 Å². The van der Waals surface area contributed by atoms with Gasteiger partial charge in [0.05, 0.1) is 11.8 Å². The minimum absolute atomic E-state index is 0.0295. The van der Waals surface area contributed by atoms with Crippen molar-refractivity contribution in [2.75, 3.05) is 0 Å². The van der Waals surface area contributed by atoms with Gasteiger partial charge in [0.15, 0.2) is 0 Å². The fourth-order valence-corrected chi connectivity index (χ4v) is 2.35. The topological polar surface area (TPSA) is 38.0 Å². The van der Waals surface area contributed by atoms with E-state index in [1.807, 2.05) is 37.5 Å². The Balaban J connectivity index is 2.26. The highest BCUT2D eigenvalue weighted by Crippen LogP contribution is 2.30. The van der Waals surface area contributed by atoms with E-state index in [1.165, 1.54) is 5.56 Å². The lowest BCUT2D eigenvalue weighted by atomic mass is 9.82. The molecule has 19 heavy (non-hydrogen) atoms. The summed E-state index contributed by atoms with van der Waals surface area (Å²) in [5.41, 5.74) is 3.14. The summed E-state index contributed by atoms with van der Waals surface area (Å²) in [6.45, 7) is 6.50. The zero-order valence-corrected chi connectivity index (χ0v) is 12.1. The lowest BCUT2D eigenvalue weighted by Crippen LogP contribution is -2.17. The zero-order chi connectivity index (χ0) is 14.0. The first-order valence-corrected chi connectivity index (χ1v) is 6.64. The van der Waals surface area contributed by atoms with Crippen LogP contribution >= 0.6 is 0 Å². The molecule has 0 saturated heterocycles. The van der Waals surface area contributed by atoms with Gasteiger partial charge in [-0.1, -0.05) is 45.0 Å². The lowest BCUT2D eigenvalue weighted by Gasteiger charge is -2.25. The summed E-state index contributed by atoms with van der Waals surface area (Å²) in [5, 5.41) is 14.8. The third kappa shape index (κ3) is 3.24. The Hall–Kier alpha value is -1.61. The molecular weight excluding hydrogens is 236 g/mol. The Morgan fingerprint density at radius 3 is 2.47 bits per heavy atom. The van der Waals surface area contributed by atoms with Crippen LogP contribution in [0.3, 0.4) is 0 Å². The molecule has 0 spiro atoms. The maximum absolute atomic E-state index is 10.5. The van der Waals surface area contributed by atoms with E-state index in [0.717, 1.165) is 11.3 Å². The molecule has 0 amide bonds. The summed E-state index contributed by atoms with van der Waals surface area (Å²) < 4.78 is 1.76. The van der Waals surface area contributed by atoms with Crippen LogP contribution in [0.2, 0.25) is 0 Å². The van der Waals surface area contributed by atoms with E-state index >= 15 is 0 Å².